The molecule has 78 valence electrons. The topological polar surface area (TPSA) is 69.4 Å². The van der Waals surface area contributed by atoms with E-state index in [-0.39, 0.29) is 0 Å². The predicted molar refractivity (Wildman–Crippen MR) is 50.8 cm³/mol. The van der Waals surface area contributed by atoms with Gasteiger partial charge in [-0.05, 0) is 31.6 Å². The van der Waals surface area contributed by atoms with Crippen LogP contribution in [0.3, 0.4) is 0 Å². The van der Waals surface area contributed by atoms with Crippen molar-refractivity contribution in [3.8, 4) is 0 Å². The number of rotatable bonds is 4. The van der Waals surface area contributed by atoms with E-state index in [4.69, 9.17) is 5.90 Å². The molecule has 2 N–H and O–H groups in total. The highest BCUT2D eigenvalue weighted by Gasteiger charge is 2.23. The second-order valence-corrected chi connectivity index (χ2v) is 5.86. The maximum Gasteiger partial charge on any atom is 0.150 e. The molecule has 0 bridgehead atoms. The Kier molecular flexibility index (Phi) is 4.15. The van der Waals surface area contributed by atoms with Crippen LogP contribution in [-0.2, 0) is 14.7 Å². The lowest BCUT2D eigenvalue weighted by Crippen LogP contribution is -2.25. The van der Waals surface area contributed by atoms with Gasteiger partial charge in [0.1, 0.15) is 0 Å². The maximum absolute atomic E-state index is 11.2. The summed E-state index contributed by atoms with van der Waals surface area (Å²) < 4.78 is 22.5. The van der Waals surface area contributed by atoms with E-state index in [9.17, 15) is 8.42 Å². The fourth-order valence-corrected chi connectivity index (χ4v) is 3.63. The van der Waals surface area contributed by atoms with E-state index in [0.29, 0.717) is 24.0 Å². The molecule has 0 radical (unpaired) electrons. The van der Waals surface area contributed by atoms with Crippen LogP contribution in [0.1, 0.15) is 25.7 Å². The first kappa shape index (κ1) is 10.9. The Balaban J connectivity index is 2.27. The zero-order valence-electron chi connectivity index (χ0n) is 7.74. The molecule has 1 atom stereocenters. The molecule has 0 aromatic rings. The maximum atomic E-state index is 11.2. The second kappa shape index (κ2) is 4.93. The summed E-state index contributed by atoms with van der Waals surface area (Å²) in [6, 6.07) is 0. The SMILES string of the molecule is NOCCCC1CCCS(=O)(=O)C1. The van der Waals surface area contributed by atoms with Crippen LogP contribution >= 0.6 is 0 Å². The highest BCUT2D eigenvalue weighted by Crippen LogP contribution is 2.22. The lowest BCUT2D eigenvalue weighted by atomic mass is 10.00. The van der Waals surface area contributed by atoms with E-state index in [0.717, 1.165) is 25.7 Å². The number of hydrogen-bond donors (Lipinski definition) is 1. The van der Waals surface area contributed by atoms with Crippen molar-refractivity contribution >= 4 is 9.84 Å². The van der Waals surface area contributed by atoms with Crippen molar-refractivity contribution in [3.05, 3.63) is 0 Å². The average Bonchev–Trinajstić information content (AvgIpc) is 2.03. The van der Waals surface area contributed by atoms with Crippen molar-refractivity contribution in [3.63, 3.8) is 0 Å². The van der Waals surface area contributed by atoms with E-state index in [1.807, 2.05) is 0 Å². The normalized spacial score (nSPS) is 27.3. The average molecular weight is 207 g/mol. The monoisotopic (exact) mass is 207 g/mol. The summed E-state index contributed by atoms with van der Waals surface area (Å²) in [7, 11) is -2.74. The standard InChI is InChI=1S/C8H17NO3S/c9-12-5-1-3-8-4-2-6-13(10,11)7-8/h8H,1-7,9H2. The van der Waals surface area contributed by atoms with Gasteiger partial charge in [0.15, 0.2) is 9.84 Å². The van der Waals surface area contributed by atoms with Crippen LogP contribution in [0.25, 0.3) is 0 Å². The van der Waals surface area contributed by atoms with E-state index in [1.54, 1.807) is 0 Å². The Morgan fingerprint density at radius 3 is 2.85 bits per heavy atom. The number of nitrogens with two attached hydrogens (primary N) is 1. The third-order valence-corrected chi connectivity index (χ3v) is 4.32. The molecule has 0 amide bonds. The molecule has 5 heteroatoms. The number of sulfone groups is 1. The van der Waals surface area contributed by atoms with Gasteiger partial charge >= 0.3 is 0 Å². The van der Waals surface area contributed by atoms with Gasteiger partial charge in [-0.25, -0.2) is 14.3 Å². The fourth-order valence-electron chi connectivity index (χ4n) is 1.80. The zero-order chi connectivity index (χ0) is 9.73. The van der Waals surface area contributed by atoms with Crippen LogP contribution < -0.4 is 5.90 Å². The lowest BCUT2D eigenvalue weighted by molar-refractivity contribution is 0.130. The van der Waals surface area contributed by atoms with E-state index in [1.165, 1.54) is 0 Å². The summed E-state index contributed by atoms with van der Waals surface area (Å²) in [5.41, 5.74) is 0. The minimum Gasteiger partial charge on any atom is -0.305 e. The molecule has 1 unspecified atom stereocenters. The largest absolute Gasteiger partial charge is 0.305 e. The molecule has 1 rings (SSSR count). The second-order valence-electron chi connectivity index (χ2n) is 3.64. The van der Waals surface area contributed by atoms with Crippen molar-refractivity contribution in [1.29, 1.82) is 0 Å². The van der Waals surface area contributed by atoms with Crippen LogP contribution in [0.4, 0.5) is 0 Å². The first-order valence-corrected chi connectivity index (χ1v) is 6.48. The van der Waals surface area contributed by atoms with Crippen LogP contribution in [0.2, 0.25) is 0 Å². The molecule has 0 saturated carbocycles. The lowest BCUT2D eigenvalue weighted by Gasteiger charge is -2.21. The smallest absolute Gasteiger partial charge is 0.150 e. The molecule has 0 aromatic carbocycles. The van der Waals surface area contributed by atoms with Crippen LogP contribution in [-0.4, -0.2) is 26.5 Å². The van der Waals surface area contributed by atoms with Gasteiger partial charge < -0.3 is 4.84 Å². The molecule has 0 aliphatic carbocycles. The van der Waals surface area contributed by atoms with Gasteiger partial charge in [-0.1, -0.05) is 0 Å². The quantitative estimate of drug-likeness (QED) is 0.538. The molecule has 0 spiro atoms. The van der Waals surface area contributed by atoms with Crippen LogP contribution in [0.5, 0.6) is 0 Å². The van der Waals surface area contributed by atoms with Crippen molar-refractivity contribution in [2.75, 3.05) is 18.1 Å². The zero-order valence-corrected chi connectivity index (χ0v) is 8.55. The van der Waals surface area contributed by atoms with Crippen LogP contribution in [0.15, 0.2) is 0 Å². The van der Waals surface area contributed by atoms with Crippen LogP contribution in [0, 0.1) is 5.92 Å². The molecule has 1 heterocycles. The summed E-state index contributed by atoms with van der Waals surface area (Å²) in [6.07, 6.45) is 3.62. The van der Waals surface area contributed by atoms with Gasteiger partial charge in [0.25, 0.3) is 0 Å². The van der Waals surface area contributed by atoms with Crippen molar-refractivity contribution in [2.45, 2.75) is 25.7 Å². The molecule has 1 saturated heterocycles. The van der Waals surface area contributed by atoms with Gasteiger partial charge in [-0.3, -0.25) is 0 Å². The summed E-state index contributed by atoms with van der Waals surface area (Å²) in [4.78, 5) is 4.44. The summed E-state index contributed by atoms with van der Waals surface area (Å²) in [5, 5.41) is 0. The minimum atomic E-state index is -2.74. The first-order chi connectivity index (χ1) is 6.14. The molecule has 13 heavy (non-hydrogen) atoms. The third-order valence-electron chi connectivity index (χ3n) is 2.43. The summed E-state index contributed by atoms with van der Waals surface area (Å²) in [5.74, 6) is 5.94. The Labute approximate surface area is 79.3 Å². The highest BCUT2D eigenvalue weighted by atomic mass is 32.2. The molecular formula is C8H17NO3S. The molecular weight excluding hydrogens is 190 g/mol. The van der Waals surface area contributed by atoms with Crippen molar-refractivity contribution < 1.29 is 13.3 Å². The molecule has 0 aromatic heterocycles. The van der Waals surface area contributed by atoms with Gasteiger partial charge in [0.2, 0.25) is 0 Å². The molecule has 4 nitrogen and oxygen atoms in total. The molecule has 1 aliphatic heterocycles. The molecule has 1 aliphatic rings. The Morgan fingerprint density at radius 2 is 2.23 bits per heavy atom. The van der Waals surface area contributed by atoms with Gasteiger partial charge in [-0.15, -0.1) is 0 Å². The summed E-state index contributed by atoms with van der Waals surface area (Å²) >= 11 is 0. The van der Waals surface area contributed by atoms with Gasteiger partial charge in [0, 0.05) is 0 Å². The van der Waals surface area contributed by atoms with Crippen molar-refractivity contribution in [2.24, 2.45) is 11.8 Å². The fraction of sp³-hybridized carbons (Fsp3) is 1.00. The number of hydrogen-bond acceptors (Lipinski definition) is 4. The van der Waals surface area contributed by atoms with Gasteiger partial charge in [-0.2, -0.15) is 0 Å². The Morgan fingerprint density at radius 1 is 1.46 bits per heavy atom. The van der Waals surface area contributed by atoms with E-state index < -0.39 is 9.84 Å². The first-order valence-electron chi connectivity index (χ1n) is 4.66. The van der Waals surface area contributed by atoms with Gasteiger partial charge in [0.05, 0.1) is 18.1 Å². The minimum absolute atomic E-state index is 0.328. The summed E-state index contributed by atoms with van der Waals surface area (Å²) in [6.45, 7) is 0.524. The Bertz CT molecular complexity index is 238. The highest BCUT2D eigenvalue weighted by molar-refractivity contribution is 7.91. The van der Waals surface area contributed by atoms with E-state index in [2.05, 4.69) is 4.84 Å². The van der Waals surface area contributed by atoms with Crippen molar-refractivity contribution in [1.82, 2.24) is 0 Å². The molecule has 1 fully saturated rings. The Hall–Kier alpha value is -0.130. The third kappa shape index (κ3) is 4.06. The van der Waals surface area contributed by atoms with E-state index >= 15 is 0 Å². The predicted octanol–water partition coefficient (Wildman–Crippen LogP) is 0.482.